The van der Waals surface area contributed by atoms with Crippen LogP contribution < -0.4 is 54.4 Å². The third-order valence-corrected chi connectivity index (χ3v) is 15.6. The van der Waals surface area contributed by atoms with Crippen LogP contribution in [0.15, 0.2) is 104 Å². The number of hydrogen-bond donors (Lipinski definition) is 12. The number of carbonyl (C=O) groups is 8. The highest BCUT2D eigenvalue weighted by molar-refractivity contribution is 8.76. The van der Waals surface area contributed by atoms with Crippen LogP contribution in [0, 0.1) is 16.0 Å². The molecule has 8 atom stereocenters. The fraction of sp³-hybridized carbons (Fsp3) is 0.389. The molecule has 1 saturated heterocycles. The first kappa shape index (κ1) is 61.1. The number of aromatic nitrogens is 2. The van der Waals surface area contributed by atoms with Gasteiger partial charge in [0.25, 0.3) is 5.69 Å². The summed E-state index contributed by atoms with van der Waals surface area (Å²) >= 11 is 0. The van der Waals surface area contributed by atoms with Crippen molar-refractivity contribution in [1.82, 2.24) is 47.2 Å². The average Bonchev–Trinajstić information content (AvgIpc) is 3.86. The summed E-state index contributed by atoms with van der Waals surface area (Å²) in [6.45, 7) is 3.60. The number of aromatic hydroxyl groups is 1. The van der Waals surface area contributed by atoms with Crippen molar-refractivity contribution in [2.24, 2.45) is 23.1 Å². The number of nitrogens with one attached hydrogen (secondary N) is 8. The molecule has 24 nitrogen and oxygen atoms in total. The van der Waals surface area contributed by atoms with Crippen LogP contribution in [0.2, 0.25) is 0 Å². The van der Waals surface area contributed by atoms with E-state index in [1.165, 1.54) is 48.8 Å². The predicted molar refractivity (Wildman–Crippen MR) is 302 cm³/mol. The Morgan fingerprint density at radius 3 is 2.06 bits per heavy atom. The van der Waals surface area contributed by atoms with Gasteiger partial charge in [0.15, 0.2) is 0 Å². The lowest BCUT2D eigenvalue weighted by molar-refractivity contribution is -0.384. The minimum absolute atomic E-state index is 0.0323. The molecule has 0 radical (unpaired) electrons. The molecular weight excluding hydrogens is 1070 g/mol. The van der Waals surface area contributed by atoms with Crippen LogP contribution in [-0.2, 0) is 64.0 Å². The maximum Gasteiger partial charge on any atom is 0.269 e. The molecule has 0 spiro atoms. The van der Waals surface area contributed by atoms with E-state index in [1.807, 2.05) is 24.3 Å². The zero-order valence-corrected chi connectivity index (χ0v) is 45.7. The number of non-ortho nitro benzene ring substituents is 1. The average molecular weight is 1140 g/mol. The van der Waals surface area contributed by atoms with Crippen molar-refractivity contribution in [3.8, 4) is 5.75 Å². The summed E-state index contributed by atoms with van der Waals surface area (Å²) in [5.41, 5.74) is 20.7. The Labute approximate surface area is 469 Å². The smallest absolute Gasteiger partial charge is 0.269 e. The van der Waals surface area contributed by atoms with Gasteiger partial charge in [-0.3, -0.25) is 53.5 Å². The van der Waals surface area contributed by atoms with Gasteiger partial charge in [-0.05, 0) is 84.7 Å². The van der Waals surface area contributed by atoms with Crippen molar-refractivity contribution in [2.75, 3.05) is 18.1 Å². The first-order chi connectivity index (χ1) is 38.3. The molecule has 1 fully saturated rings. The lowest BCUT2D eigenvalue weighted by atomic mass is 10.00. The van der Waals surface area contributed by atoms with Crippen molar-refractivity contribution >= 4 is 85.4 Å². The zero-order valence-electron chi connectivity index (χ0n) is 44.1. The van der Waals surface area contributed by atoms with Crippen LogP contribution in [0.4, 0.5) is 5.69 Å². The van der Waals surface area contributed by atoms with Crippen molar-refractivity contribution < 1.29 is 48.4 Å². The number of hydrogen-bond acceptors (Lipinski definition) is 16. The van der Waals surface area contributed by atoms with E-state index >= 15 is 0 Å². The number of rotatable bonds is 19. The second-order valence-electron chi connectivity index (χ2n) is 19.6. The summed E-state index contributed by atoms with van der Waals surface area (Å²) in [6.07, 6.45) is 5.19. The normalized spacial score (nSPS) is 20.7. The number of benzene rings is 3. The van der Waals surface area contributed by atoms with Gasteiger partial charge in [-0.2, -0.15) is 0 Å². The third kappa shape index (κ3) is 18.0. The predicted octanol–water partition coefficient (Wildman–Crippen LogP) is 0.834. The Morgan fingerprint density at radius 2 is 1.40 bits per heavy atom. The highest BCUT2D eigenvalue weighted by atomic mass is 33.1. The molecule has 0 unspecified atom stereocenters. The molecule has 8 amide bonds. The molecule has 426 valence electrons. The molecule has 0 bridgehead atoms. The zero-order chi connectivity index (χ0) is 57.9. The SMILES string of the molecule is CC(C)[C@@H]1NC(=O)[C@H](CCCCN)NC(=O)[C@@H](Cc2c[nH]c3ccccc23)NC(=O)[C@H](Cc2cccnc2)NC(=O)[C@H](NC(=O)[C@@H](N)Cc2ccc([N+](=O)[O-])cc2)CSSC[C@@H](C(=O)N[C@@H](Cc2ccc(O)cc2)C(N)=O)NC1=O. The molecule has 1 aliphatic heterocycles. The number of nitrogens with zero attached hydrogens (tertiary/aromatic N) is 2. The van der Waals surface area contributed by atoms with Gasteiger partial charge in [0, 0.05) is 72.4 Å². The molecule has 0 saturated carbocycles. The van der Waals surface area contributed by atoms with Crippen LogP contribution in [-0.4, -0.2) is 134 Å². The third-order valence-electron chi connectivity index (χ3n) is 13.1. The summed E-state index contributed by atoms with van der Waals surface area (Å²) < 4.78 is 0. The van der Waals surface area contributed by atoms with E-state index in [-0.39, 0.29) is 61.6 Å². The number of nitro groups is 1. The number of primary amides is 1. The number of para-hydroxylation sites is 1. The van der Waals surface area contributed by atoms with Crippen LogP contribution in [0.5, 0.6) is 5.75 Å². The lowest BCUT2D eigenvalue weighted by Gasteiger charge is -2.29. The molecule has 2 aromatic heterocycles. The van der Waals surface area contributed by atoms with E-state index in [0.717, 1.165) is 32.5 Å². The maximum absolute atomic E-state index is 14.8. The van der Waals surface area contributed by atoms with Crippen molar-refractivity contribution in [2.45, 2.75) is 107 Å². The second kappa shape index (κ2) is 29.8. The molecule has 15 N–H and O–H groups in total. The molecule has 80 heavy (non-hydrogen) atoms. The van der Waals surface area contributed by atoms with E-state index in [2.05, 4.69) is 47.2 Å². The molecule has 6 rings (SSSR count). The van der Waals surface area contributed by atoms with E-state index < -0.39 is 106 Å². The topological polar surface area (TPSA) is 391 Å². The number of phenols is 1. The molecule has 3 aromatic carbocycles. The Morgan fingerprint density at radius 1 is 0.762 bits per heavy atom. The van der Waals surface area contributed by atoms with Gasteiger partial charge in [0.05, 0.1) is 11.0 Å². The van der Waals surface area contributed by atoms with Gasteiger partial charge in [0.2, 0.25) is 47.3 Å². The first-order valence-electron chi connectivity index (χ1n) is 25.9. The first-order valence-corrected chi connectivity index (χ1v) is 28.4. The Kier molecular flexibility index (Phi) is 22.8. The Hall–Kier alpha value is -8.07. The number of phenolic OH excluding ortho intramolecular Hbond substituents is 1. The highest BCUT2D eigenvalue weighted by Gasteiger charge is 2.36. The van der Waals surface area contributed by atoms with E-state index in [9.17, 15) is 53.6 Å². The quantitative estimate of drug-likeness (QED) is 0.0236. The van der Waals surface area contributed by atoms with Gasteiger partial charge >= 0.3 is 0 Å². The number of nitro benzene ring substituents is 1. The van der Waals surface area contributed by atoms with Crippen molar-refractivity contribution in [1.29, 1.82) is 0 Å². The largest absolute Gasteiger partial charge is 0.508 e. The fourth-order valence-electron chi connectivity index (χ4n) is 8.66. The number of fused-ring (bicyclic) bond motifs is 1. The van der Waals surface area contributed by atoms with Gasteiger partial charge in [-0.15, -0.1) is 0 Å². The summed E-state index contributed by atoms with van der Waals surface area (Å²) in [5, 5.41) is 41.1. The summed E-state index contributed by atoms with van der Waals surface area (Å²) in [7, 11) is 2.00. The van der Waals surface area contributed by atoms with E-state index in [1.54, 1.807) is 44.3 Å². The number of aromatic amines is 1. The molecule has 5 aromatic rings. The monoisotopic (exact) mass is 1140 g/mol. The highest BCUT2D eigenvalue weighted by Crippen LogP contribution is 2.25. The van der Waals surface area contributed by atoms with Crippen LogP contribution in [0.3, 0.4) is 0 Å². The molecule has 1 aliphatic rings. The van der Waals surface area contributed by atoms with Gasteiger partial charge < -0.3 is 64.5 Å². The number of unbranched alkanes of at least 4 members (excludes halogenated alkanes) is 1. The van der Waals surface area contributed by atoms with Crippen molar-refractivity contribution in [3.05, 3.63) is 136 Å². The Bertz CT molecular complexity index is 2970. The van der Waals surface area contributed by atoms with Crippen molar-refractivity contribution in [3.63, 3.8) is 0 Å². The minimum Gasteiger partial charge on any atom is -0.508 e. The minimum atomic E-state index is -1.44. The number of pyridine rings is 1. The van der Waals surface area contributed by atoms with E-state index in [4.69, 9.17) is 17.2 Å². The van der Waals surface area contributed by atoms with Crippen LogP contribution >= 0.6 is 21.6 Å². The van der Waals surface area contributed by atoms with Crippen LogP contribution in [0.25, 0.3) is 10.9 Å². The van der Waals surface area contributed by atoms with Crippen LogP contribution in [0.1, 0.15) is 55.4 Å². The maximum atomic E-state index is 14.8. The number of amides is 8. The number of carbonyl (C=O) groups excluding carboxylic acids is 8. The number of H-pyrrole nitrogens is 1. The van der Waals surface area contributed by atoms with Gasteiger partial charge in [0.1, 0.15) is 48.0 Å². The molecule has 0 aliphatic carbocycles. The summed E-state index contributed by atoms with van der Waals surface area (Å²) in [5.74, 6) is -7.64. The molecular formula is C54H67N13O11S2. The Balaban J connectivity index is 1.38. The second-order valence-corrected chi connectivity index (χ2v) is 22.1. The fourth-order valence-corrected chi connectivity index (χ4v) is 11.0. The standard InChI is InChI=1S/C54H67N13O11S2/c1-30(2)46-54(76)65-45(52(74)61-41(47(57)69)23-32-14-18-36(68)19-15-32)29-80-79-28-44(64-48(70)38(56)22-31-12-16-35(17-13-31)67(77)78)53(75)62-42(24-33-8-7-21-58-26-33)50(72)63-43(25-34-27-59-39-10-4-3-9-37(34)39)51(73)60-40(49(71)66-46)11-5-6-20-55/h3-4,7-10,12-19,21,26-27,30,38,40-46,59,68H,5-6,11,20,22-25,28-29,55-56H2,1-2H3,(H2,57,69)(H,60,73)(H,61,74)(H,62,75)(H,63,72)(H,64,70)(H,65,76)(H,66,71)/t38-,40-,41-,42-,43+,44+,45-,46-/m0/s1. The molecule has 3 heterocycles. The number of nitrogens with two attached hydrogens (primary N) is 3. The lowest BCUT2D eigenvalue weighted by Crippen LogP contribution is -2.61. The molecule has 26 heteroatoms. The van der Waals surface area contributed by atoms with E-state index in [0.29, 0.717) is 35.1 Å². The summed E-state index contributed by atoms with van der Waals surface area (Å²) in [6, 6.07) is 11.1. The van der Waals surface area contributed by atoms with Gasteiger partial charge in [-0.1, -0.05) is 84.0 Å². The summed E-state index contributed by atoms with van der Waals surface area (Å²) in [4.78, 5) is 132. The van der Waals surface area contributed by atoms with Gasteiger partial charge in [-0.25, -0.2) is 0 Å².